The van der Waals surface area contributed by atoms with Gasteiger partial charge in [-0.15, -0.1) is 0 Å². The van der Waals surface area contributed by atoms with E-state index < -0.39 is 0 Å². The van der Waals surface area contributed by atoms with E-state index in [1.165, 1.54) is 11.1 Å². The average Bonchev–Trinajstić information content (AvgIpc) is 2.51. The van der Waals surface area contributed by atoms with Crippen molar-refractivity contribution in [2.45, 2.75) is 25.9 Å². The Labute approximate surface area is 143 Å². The minimum atomic E-state index is 0.281. The average molecular weight is 413 g/mol. The SMILES string of the molecule is CCC(NCc1ccc(Br)c(Br)c1)c1ccccc1OC. The van der Waals surface area contributed by atoms with Gasteiger partial charge in [0.2, 0.25) is 0 Å². The van der Waals surface area contributed by atoms with E-state index in [2.05, 4.69) is 74.4 Å². The lowest BCUT2D eigenvalue weighted by Gasteiger charge is -2.20. The maximum Gasteiger partial charge on any atom is 0.123 e. The molecule has 21 heavy (non-hydrogen) atoms. The first-order chi connectivity index (χ1) is 10.2. The van der Waals surface area contributed by atoms with Gasteiger partial charge in [0.15, 0.2) is 0 Å². The summed E-state index contributed by atoms with van der Waals surface area (Å²) in [5.74, 6) is 0.939. The lowest BCUT2D eigenvalue weighted by molar-refractivity contribution is 0.396. The molecule has 112 valence electrons. The zero-order valence-corrected chi connectivity index (χ0v) is 15.4. The monoisotopic (exact) mass is 411 g/mol. The van der Waals surface area contributed by atoms with Gasteiger partial charge >= 0.3 is 0 Å². The molecule has 0 radical (unpaired) electrons. The normalized spacial score (nSPS) is 12.2. The van der Waals surface area contributed by atoms with Crippen molar-refractivity contribution in [2.24, 2.45) is 0 Å². The molecule has 0 amide bonds. The highest BCUT2D eigenvalue weighted by Gasteiger charge is 2.13. The van der Waals surface area contributed by atoms with E-state index in [1.807, 2.05) is 12.1 Å². The molecule has 0 aromatic heterocycles. The van der Waals surface area contributed by atoms with Gasteiger partial charge in [-0.05, 0) is 62.0 Å². The summed E-state index contributed by atoms with van der Waals surface area (Å²) in [5, 5.41) is 3.61. The molecule has 1 unspecified atom stereocenters. The summed E-state index contributed by atoms with van der Waals surface area (Å²) in [6.07, 6.45) is 1.01. The molecule has 4 heteroatoms. The van der Waals surface area contributed by atoms with Crippen molar-refractivity contribution in [3.05, 3.63) is 62.5 Å². The van der Waals surface area contributed by atoms with E-state index >= 15 is 0 Å². The van der Waals surface area contributed by atoms with Crippen LogP contribution in [0.4, 0.5) is 0 Å². The van der Waals surface area contributed by atoms with Crippen LogP contribution in [0.1, 0.15) is 30.5 Å². The molecule has 0 saturated heterocycles. The third-order valence-electron chi connectivity index (χ3n) is 3.46. The number of benzene rings is 2. The summed E-state index contributed by atoms with van der Waals surface area (Å²) in [7, 11) is 1.72. The molecule has 0 aliphatic carbocycles. The van der Waals surface area contributed by atoms with Crippen LogP contribution in [0.2, 0.25) is 0 Å². The summed E-state index contributed by atoms with van der Waals surface area (Å²) in [6, 6.07) is 14.8. The van der Waals surface area contributed by atoms with Crippen molar-refractivity contribution in [2.75, 3.05) is 7.11 Å². The molecule has 0 saturated carbocycles. The fourth-order valence-electron chi connectivity index (χ4n) is 2.32. The number of hydrogen-bond acceptors (Lipinski definition) is 2. The Kier molecular flexibility index (Phi) is 6.27. The lowest BCUT2D eigenvalue weighted by atomic mass is 10.0. The highest BCUT2D eigenvalue weighted by molar-refractivity contribution is 9.13. The summed E-state index contributed by atoms with van der Waals surface area (Å²) < 4.78 is 7.61. The smallest absolute Gasteiger partial charge is 0.123 e. The number of rotatable bonds is 6. The second-order valence-corrected chi connectivity index (χ2v) is 6.54. The van der Waals surface area contributed by atoms with Crippen LogP contribution in [0.15, 0.2) is 51.4 Å². The molecule has 0 fully saturated rings. The van der Waals surface area contributed by atoms with Crippen LogP contribution < -0.4 is 10.1 Å². The number of para-hydroxylation sites is 1. The molecule has 1 N–H and O–H groups in total. The van der Waals surface area contributed by atoms with Crippen molar-refractivity contribution in [1.29, 1.82) is 0 Å². The van der Waals surface area contributed by atoms with Crippen LogP contribution in [-0.4, -0.2) is 7.11 Å². The first kappa shape index (κ1) is 16.5. The molecule has 2 aromatic rings. The van der Waals surface area contributed by atoms with Gasteiger partial charge in [0, 0.05) is 27.1 Å². The minimum absolute atomic E-state index is 0.281. The van der Waals surface area contributed by atoms with E-state index in [0.717, 1.165) is 27.7 Å². The van der Waals surface area contributed by atoms with Crippen LogP contribution in [0.5, 0.6) is 5.75 Å². The van der Waals surface area contributed by atoms with Crippen LogP contribution in [-0.2, 0) is 6.54 Å². The van der Waals surface area contributed by atoms with Gasteiger partial charge < -0.3 is 10.1 Å². The van der Waals surface area contributed by atoms with Crippen molar-refractivity contribution >= 4 is 31.9 Å². The predicted octanol–water partition coefficient (Wildman–Crippen LogP) is 5.46. The molecule has 0 spiro atoms. The molecule has 0 aliphatic rings. The highest BCUT2D eigenvalue weighted by atomic mass is 79.9. The van der Waals surface area contributed by atoms with Gasteiger partial charge in [0.05, 0.1) is 7.11 Å². The second-order valence-electron chi connectivity index (χ2n) is 4.83. The van der Waals surface area contributed by atoms with Crippen LogP contribution in [0, 0.1) is 0 Å². The minimum Gasteiger partial charge on any atom is -0.496 e. The van der Waals surface area contributed by atoms with Gasteiger partial charge in [0.25, 0.3) is 0 Å². The van der Waals surface area contributed by atoms with Crippen LogP contribution in [0.3, 0.4) is 0 Å². The van der Waals surface area contributed by atoms with Crippen molar-refractivity contribution in [3.8, 4) is 5.75 Å². The number of methoxy groups -OCH3 is 1. The molecular formula is C17H19Br2NO. The molecule has 2 nitrogen and oxygen atoms in total. The van der Waals surface area contributed by atoms with E-state index in [4.69, 9.17) is 4.74 Å². The Morgan fingerprint density at radius 1 is 1.10 bits per heavy atom. The Morgan fingerprint density at radius 3 is 2.52 bits per heavy atom. The number of nitrogens with one attached hydrogen (secondary N) is 1. The largest absolute Gasteiger partial charge is 0.496 e. The highest BCUT2D eigenvalue weighted by Crippen LogP contribution is 2.28. The number of halogens is 2. The van der Waals surface area contributed by atoms with Gasteiger partial charge in [-0.2, -0.15) is 0 Å². The maximum absolute atomic E-state index is 5.46. The molecule has 2 rings (SSSR count). The molecule has 1 atom stereocenters. The van der Waals surface area contributed by atoms with E-state index in [-0.39, 0.29) is 6.04 Å². The van der Waals surface area contributed by atoms with E-state index in [9.17, 15) is 0 Å². The van der Waals surface area contributed by atoms with Gasteiger partial charge in [-0.1, -0.05) is 31.2 Å². The zero-order chi connectivity index (χ0) is 15.2. The Bertz CT molecular complexity index is 601. The van der Waals surface area contributed by atoms with Gasteiger partial charge in [-0.3, -0.25) is 0 Å². The predicted molar refractivity (Wildman–Crippen MR) is 94.7 cm³/mol. The molecule has 0 bridgehead atoms. The van der Waals surface area contributed by atoms with E-state index in [1.54, 1.807) is 7.11 Å². The number of ether oxygens (including phenoxy) is 1. The maximum atomic E-state index is 5.46. The first-order valence-electron chi connectivity index (χ1n) is 6.96. The first-order valence-corrected chi connectivity index (χ1v) is 8.54. The number of hydrogen-bond donors (Lipinski definition) is 1. The Morgan fingerprint density at radius 2 is 1.86 bits per heavy atom. The standard InChI is InChI=1S/C17H19Br2NO/c1-3-16(13-6-4-5-7-17(13)21-2)20-11-12-8-9-14(18)15(19)10-12/h4-10,16,20H,3,11H2,1-2H3. The summed E-state index contributed by atoms with van der Waals surface area (Å²) >= 11 is 7.04. The fraction of sp³-hybridized carbons (Fsp3) is 0.294. The zero-order valence-electron chi connectivity index (χ0n) is 12.2. The van der Waals surface area contributed by atoms with Crippen LogP contribution in [0.25, 0.3) is 0 Å². The topological polar surface area (TPSA) is 21.3 Å². The summed E-state index contributed by atoms with van der Waals surface area (Å²) in [4.78, 5) is 0. The lowest BCUT2D eigenvalue weighted by Crippen LogP contribution is -2.20. The van der Waals surface area contributed by atoms with Crippen LogP contribution >= 0.6 is 31.9 Å². The molecule has 0 aliphatic heterocycles. The Hall–Kier alpha value is -0.840. The van der Waals surface area contributed by atoms with Crippen molar-refractivity contribution in [1.82, 2.24) is 5.32 Å². The van der Waals surface area contributed by atoms with E-state index in [0.29, 0.717) is 0 Å². The Balaban J connectivity index is 2.10. The molecular weight excluding hydrogens is 394 g/mol. The van der Waals surface area contributed by atoms with Crippen molar-refractivity contribution in [3.63, 3.8) is 0 Å². The quantitative estimate of drug-likeness (QED) is 0.679. The second kappa shape index (κ2) is 7.97. The van der Waals surface area contributed by atoms with Gasteiger partial charge in [-0.25, -0.2) is 0 Å². The fourth-order valence-corrected chi connectivity index (χ4v) is 2.99. The summed E-state index contributed by atoms with van der Waals surface area (Å²) in [5.41, 5.74) is 2.46. The van der Waals surface area contributed by atoms with Crippen molar-refractivity contribution < 1.29 is 4.74 Å². The third kappa shape index (κ3) is 4.31. The molecule has 2 aromatic carbocycles. The van der Waals surface area contributed by atoms with Gasteiger partial charge in [0.1, 0.15) is 5.75 Å². The molecule has 0 heterocycles. The third-order valence-corrected chi connectivity index (χ3v) is 5.34. The summed E-state index contributed by atoms with van der Waals surface area (Å²) in [6.45, 7) is 3.00.